The molecule has 2 aromatic rings. The molecule has 0 fully saturated rings. The number of carbonyl (C=O) groups excluding carboxylic acids is 1. The maximum absolute atomic E-state index is 11.5. The molecule has 1 atom stereocenters. The molecular weight excluding hydrogens is 306 g/mol. The number of primary amides is 1. The molecule has 1 aromatic carbocycles. The van der Waals surface area contributed by atoms with Gasteiger partial charge in [0, 0.05) is 29.1 Å². The second-order valence-electron chi connectivity index (χ2n) is 4.51. The minimum Gasteiger partial charge on any atom is -0.496 e. The van der Waals surface area contributed by atoms with Gasteiger partial charge in [-0.25, -0.2) is 4.79 Å². The summed E-state index contributed by atoms with van der Waals surface area (Å²) in [7, 11) is 1.43. The maximum Gasteiger partial charge on any atom is 0.326 e. The van der Waals surface area contributed by atoms with E-state index in [1.807, 2.05) is 0 Å². The number of ether oxygens (including phenoxy) is 1. The molecule has 116 valence electrons. The number of hydrogen-bond donors (Lipinski definition) is 4. The SMILES string of the molecule is COc1cc2nccc(N[C@@H](CS)C(=O)O)c2cc1C(N)=O. The van der Waals surface area contributed by atoms with Crippen molar-refractivity contribution in [3.63, 3.8) is 0 Å². The Hall–Kier alpha value is -2.48. The Kier molecular flexibility index (Phi) is 4.71. The van der Waals surface area contributed by atoms with Crippen LogP contribution in [0.1, 0.15) is 10.4 Å². The molecule has 1 amide bonds. The van der Waals surface area contributed by atoms with Crippen molar-refractivity contribution in [3.8, 4) is 5.75 Å². The van der Waals surface area contributed by atoms with Gasteiger partial charge in [0.25, 0.3) is 5.91 Å². The number of amides is 1. The smallest absolute Gasteiger partial charge is 0.326 e. The third kappa shape index (κ3) is 3.06. The Bertz CT molecular complexity index is 735. The normalized spacial score (nSPS) is 11.9. The van der Waals surface area contributed by atoms with E-state index in [1.54, 1.807) is 12.1 Å². The number of rotatable bonds is 6. The minimum absolute atomic E-state index is 0.109. The highest BCUT2D eigenvalue weighted by molar-refractivity contribution is 7.80. The molecule has 0 aliphatic carbocycles. The van der Waals surface area contributed by atoms with Gasteiger partial charge in [0.05, 0.1) is 18.2 Å². The van der Waals surface area contributed by atoms with Crippen molar-refractivity contribution >= 4 is 41.1 Å². The van der Waals surface area contributed by atoms with E-state index < -0.39 is 17.9 Å². The van der Waals surface area contributed by atoms with Crippen LogP contribution in [0.4, 0.5) is 5.69 Å². The molecule has 7 nitrogen and oxygen atoms in total. The van der Waals surface area contributed by atoms with E-state index in [4.69, 9.17) is 15.6 Å². The number of pyridine rings is 1. The lowest BCUT2D eigenvalue weighted by molar-refractivity contribution is -0.137. The zero-order chi connectivity index (χ0) is 16.3. The molecule has 0 saturated heterocycles. The van der Waals surface area contributed by atoms with Gasteiger partial charge in [0.2, 0.25) is 0 Å². The number of carboxylic acids is 1. The lowest BCUT2D eigenvalue weighted by Gasteiger charge is -2.16. The van der Waals surface area contributed by atoms with Crippen LogP contribution in [0, 0.1) is 0 Å². The average Bonchev–Trinajstić information content (AvgIpc) is 2.50. The molecule has 0 saturated carbocycles. The molecule has 8 heteroatoms. The monoisotopic (exact) mass is 321 g/mol. The molecule has 0 aliphatic heterocycles. The first-order chi connectivity index (χ1) is 10.5. The molecular formula is C14H15N3O4S. The number of nitrogens with two attached hydrogens (primary N) is 1. The summed E-state index contributed by atoms with van der Waals surface area (Å²) in [5.74, 6) is -1.24. The number of benzene rings is 1. The zero-order valence-corrected chi connectivity index (χ0v) is 12.6. The quantitative estimate of drug-likeness (QED) is 0.593. The van der Waals surface area contributed by atoms with Crippen LogP contribution in [0.3, 0.4) is 0 Å². The van der Waals surface area contributed by atoms with Gasteiger partial charge >= 0.3 is 5.97 Å². The Labute approximate surface area is 131 Å². The fraction of sp³-hybridized carbons (Fsp3) is 0.214. The lowest BCUT2D eigenvalue weighted by Crippen LogP contribution is -2.31. The Morgan fingerprint density at radius 1 is 1.50 bits per heavy atom. The van der Waals surface area contributed by atoms with Crippen LogP contribution < -0.4 is 15.8 Å². The van der Waals surface area contributed by atoms with Gasteiger partial charge in [-0.2, -0.15) is 12.6 Å². The lowest BCUT2D eigenvalue weighted by atomic mass is 10.1. The van der Waals surface area contributed by atoms with Crippen molar-refractivity contribution < 1.29 is 19.4 Å². The predicted molar refractivity (Wildman–Crippen MR) is 85.7 cm³/mol. The Morgan fingerprint density at radius 3 is 2.77 bits per heavy atom. The van der Waals surface area contributed by atoms with Crippen LogP contribution in [0.5, 0.6) is 5.75 Å². The molecule has 1 aromatic heterocycles. The van der Waals surface area contributed by atoms with Gasteiger partial charge in [0.15, 0.2) is 0 Å². The molecule has 0 aliphatic rings. The predicted octanol–water partition coefficient (Wildman–Crippen LogP) is 1.14. The van der Waals surface area contributed by atoms with Gasteiger partial charge in [0.1, 0.15) is 11.8 Å². The summed E-state index contributed by atoms with van der Waals surface area (Å²) in [5.41, 5.74) is 6.61. The van der Waals surface area contributed by atoms with Gasteiger partial charge in [-0.15, -0.1) is 0 Å². The molecule has 4 N–H and O–H groups in total. The Balaban J connectivity index is 2.58. The number of aromatic nitrogens is 1. The van der Waals surface area contributed by atoms with Crippen LogP contribution >= 0.6 is 12.6 Å². The van der Waals surface area contributed by atoms with Gasteiger partial charge in [-0.05, 0) is 12.1 Å². The van der Waals surface area contributed by atoms with Gasteiger partial charge in [-0.1, -0.05) is 0 Å². The molecule has 22 heavy (non-hydrogen) atoms. The number of carbonyl (C=O) groups is 2. The van der Waals surface area contributed by atoms with Crippen LogP contribution in [0.15, 0.2) is 24.4 Å². The number of nitrogens with one attached hydrogen (secondary N) is 1. The first-order valence-corrected chi connectivity index (χ1v) is 6.98. The average molecular weight is 321 g/mol. The van der Waals surface area contributed by atoms with E-state index in [0.29, 0.717) is 22.3 Å². The van der Waals surface area contributed by atoms with E-state index >= 15 is 0 Å². The molecule has 1 heterocycles. The van der Waals surface area contributed by atoms with Crippen LogP contribution in [0.25, 0.3) is 10.9 Å². The number of carboxylic acid groups (broad SMARTS) is 1. The van der Waals surface area contributed by atoms with Crippen molar-refractivity contribution in [1.82, 2.24) is 4.98 Å². The molecule has 2 rings (SSSR count). The summed E-state index contributed by atoms with van der Waals surface area (Å²) < 4.78 is 5.13. The number of nitrogens with zero attached hydrogens (tertiary/aromatic N) is 1. The number of thiol groups is 1. The molecule has 0 spiro atoms. The third-order valence-electron chi connectivity index (χ3n) is 3.14. The topological polar surface area (TPSA) is 115 Å². The van der Waals surface area contributed by atoms with Crippen molar-refractivity contribution in [3.05, 3.63) is 30.0 Å². The number of hydrogen-bond acceptors (Lipinski definition) is 6. The highest BCUT2D eigenvalue weighted by Crippen LogP contribution is 2.29. The van der Waals surface area contributed by atoms with Gasteiger partial charge < -0.3 is 20.9 Å². The number of aliphatic carboxylic acids is 1. The summed E-state index contributed by atoms with van der Waals surface area (Å²) in [5, 5.41) is 12.6. The summed E-state index contributed by atoms with van der Waals surface area (Å²) in [6, 6.07) is 3.87. The largest absolute Gasteiger partial charge is 0.496 e. The van der Waals surface area contributed by atoms with Crippen LogP contribution in [0.2, 0.25) is 0 Å². The first kappa shape index (κ1) is 15.9. The first-order valence-electron chi connectivity index (χ1n) is 6.34. The Morgan fingerprint density at radius 2 is 2.23 bits per heavy atom. The minimum atomic E-state index is -1.02. The van der Waals surface area contributed by atoms with E-state index in [-0.39, 0.29) is 11.3 Å². The summed E-state index contributed by atoms with van der Waals surface area (Å²) >= 11 is 4.01. The van der Waals surface area contributed by atoms with Crippen LogP contribution in [-0.2, 0) is 4.79 Å². The summed E-state index contributed by atoms with van der Waals surface area (Å²) in [6.07, 6.45) is 1.53. The maximum atomic E-state index is 11.5. The highest BCUT2D eigenvalue weighted by atomic mass is 32.1. The fourth-order valence-corrected chi connectivity index (χ4v) is 2.28. The van der Waals surface area contributed by atoms with Crippen molar-refractivity contribution in [1.29, 1.82) is 0 Å². The summed E-state index contributed by atoms with van der Waals surface area (Å²) in [6.45, 7) is 0. The van der Waals surface area contributed by atoms with Crippen molar-refractivity contribution in [2.45, 2.75) is 6.04 Å². The second-order valence-corrected chi connectivity index (χ2v) is 4.88. The van der Waals surface area contributed by atoms with Crippen molar-refractivity contribution in [2.75, 3.05) is 18.2 Å². The zero-order valence-electron chi connectivity index (χ0n) is 11.7. The fourth-order valence-electron chi connectivity index (χ4n) is 2.03. The van der Waals surface area contributed by atoms with E-state index in [2.05, 4.69) is 22.9 Å². The molecule has 0 unspecified atom stereocenters. The number of fused-ring (bicyclic) bond motifs is 1. The highest BCUT2D eigenvalue weighted by Gasteiger charge is 2.18. The van der Waals surface area contributed by atoms with Crippen LogP contribution in [-0.4, -0.2) is 40.9 Å². The third-order valence-corrected chi connectivity index (χ3v) is 3.50. The number of anilines is 1. The molecule has 0 bridgehead atoms. The number of methoxy groups -OCH3 is 1. The van der Waals surface area contributed by atoms with E-state index in [1.165, 1.54) is 19.4 Å². The summed E-state index contributed by atoms with van der Waals surface area (Å²) in [4.78, 5) is 26.8. The standard InChI is InChI=1S/C14H15N3O4S/c1-21-12-5-10-7(4-8(12)13(15)18)9(2-3-16-10)17-11(6-22)14(19)20/h2-5,11,22H,6H2,1H3,(H2,15,18)(H,16,17)(H,19,20)/t11-/m0/s1. The molecule has 0 radical (unpaired) electrons. The van der Waals surface area contributed by atoms with Gasteiger partial charge in [-0.3, -0.25) is 9.78 Å². The van der Waals surface area contributed by atoms with Crippen molar-refractivity contribution in [2.24, 2.45) is 5.73 Å². The van der Waals surface area contributed by atoms with E-state index in [0.717, 1.165) is 0 Å². The van der Waals surface area contributed by atoms with E-state index in [9.17, 15) is 9.59 Å². The second kappa shape index (κ2) is 6.52.